The van der Waals surface area contributed by atoms with Gasteiger partial charge in [0.05, 0.1) is 6.26 Å². The Morgan fingerprint density at radius 3 is 1.70 bits per heavy atom. The second-order valence-electron chi connectivity index (χ2n) is 3.25. The van der Waals surface area contributed by atoms with Gasteiger partial charge < -0.3 is 0 Å². The Kier molecular flexibility index (Phi) is 2.69. The zero-order valence-corrected chi connectivity index (χ0v) is 8.54. The van der Waals surface area contributed by atoms with Crippen molar-refractivity contribution in [3.63, 3.8) is 0 Å². The highest BCUT2D eigenvalue weighted by molar-refractivity contribution is 7.95. The van der Waals surface area contributed by atoms with E-state index in [2.05, 4.69) is 10.8 Å². The molecular formula is C6H12O2SSi. The molecule has 58 valence electrons. The predicted octanol–water partition coefficient (Wildman–Crippen LogP) is 0.869. The molecule has 0 heterocycles. The Balaban J connectivity index is 4.51. The van der Waals surface area contributed by atoms with Crippen LogP contribution in [0.2, 0.25) is 19.6 Å². The Morgan fingerprint density at radius 2 is 1.60 bits per heavy atom. The maximum atomic E-state index is 10.5. The molecule has 0 fully saturated rings. The summed E-state index contributed by atoms with van der Waals surface area (Å²) in [6.07, 6.45) is 1.13. The second kappa shape index (κ2) is 2.77. The average molecular weight is 176 g/mol. The van der Waals surface area contributed by atoms with E-state index in [1.54, 1.807) is 0 Å². The van der Waals surface area contributed by atoms with Crippen molar-refractivity contribution in [2.75, 3.05) is 6.26 Å². The van der Waals surface area contributed by atoms with Gasteiger partial charge in [-0.1, -0.05) is 19.6 Å². The summed E-state index contributed by atoms with van der Waals surface area (Å²) in [5, 5.41) is 2.25. The van der Waals surface area contributed by atoms with Crippen LogP contribution in [0, 0.1) is 10.8 Å². The minimum atomic E-state index is -3.08. The van der Waals surface area contributed by atoms with Crippen molar-refractivity contribution in [1.82, 2.24) is 0 Å². The van der Waals surface area contributed by atoms with E-state index in [0.717, 1.165) is 6.26 Å². The minimum Gasteiger partial charge on any atom is -0.216 e. The largest absolute Gasteiger partial charge is 0.216 e. The van der Waals surface area contributed by atoms with Crippen LogP contribution in [0.15, 0.2) is 0 Å². The first kappa shape index (κ1) is 9.73. The summed E-state index contributed by atoms with van der Waals surface area (Å²) < 4.78 is 21.1. The number of hydrogen-bond donors (Lipinski definition) is 0. The van der Waals surface area contributed by atoms with Crippen LogP contribution in [0.25, 0.3) is 0 Å². The van der Waals surface area contributed by atoms with Gasteiger partial charge in [-0.15, -0.1) is 5.54 Å². The lowest BCUT2D eigenvalue weighted by atomic mass is 11.4. The van der Waals surface area contributed by atoms with Crippen molar-refractivity contribution in [2.24, 2.45) is 0 Å². The topological polar surface area (TPSA) is 34.1 Å². The fourth-order valence-corrected chi connectivity index (χ4v) is 2.21. The van der Waals surface area contributed by atoms with Crippen molar-refractivity contribution in [3.05, 3.63) is 0 Å². The van der Waals surface area contributed by atoms with Gasteiger partial charge in [-0.2, -0.15) is 0 Å². The van der Waals surface area contributed by atoms with E-state index in [1.807, 2.05) is 19.6 Å². The van der Waals surface area contributed by atoms with Crippen LogP contribution >= 0.6 is 0 Å². The van der Waals surface area contributed by atoms with Crippen LogP contribution in [0.1, 0.15) is 0 Å². The summed E-state index contributed by atoms with van der Waals surface area (Å²) in [6.45, 7) is 6.02. The van der Waals surface area contributed by atoms with Crippen molar-refractivity contribution < 1.29 is 8.42 Å². The Morgan fingerprint density at radius 1 is 1.20 bits per heavy atom. The molecule has 0 atom stereocenters. The quantitative estimate of drug-likeness (QED) is 0.405. The lowest BCUT2D eigenvalue weighted by Crippen LogP contribution is -2.16. The third-order valence-corrected chi connectivity index (χ3v) is 2.14. The molecule has 10 heavy (non-hydrogen) atoms. The first-order valence-corrected chi connectivity index (χ1v) is 8.34. The van der Waals surface area contributed by atoms with Gasteiger partial charge in [0.1, 0.15) is 8.07 Å². The highest BCUT2D eigenvalue weighted by Crippen LogP contribution is 1.96. The van der Waals surface area contributed by atoms with Gasteiger partial charge in [0, 0.05) is 5.25 Å². The molecule has 0 bridgehead atoms. The van der Waals surface area contributed by atoms with Crippen LogP contribution in [-0.4, -0.2) is 22.7 Å². The zero-order chi connectivity index (χ0) is 8.41. The van der Waals surface area contributed by atoms with E-state index in [1.165, 1.54) is 0 Å². The summed E-state index contributed by atoms with van der Waals surface area (Å²) in [5.41, 5.74) is 2.76. The molecule has 0 radical (unpaired) electrons. The lowest BCUT2D eigenvalue weighted by Gasteiger charge is -2.02. The van der Waals surface area contributed by atoms with E-state index in [0.29, 0.717) is 0 Å². The molecule has 0 N–H and O–H groups in total. The van der Waals surface area contributed by atoms with Gasteiger partial charge >= 0.3 is 0 Å². The molecule has 0 saturated carbocycles. The molecular weight excluding hydrogens is 164 g/mol. The first-order chi connectivity index (χ1) is 4.21. The SMILES string of the molecule is C[Si](C)(C)C#CS(C)(=O)=O. The van der Waals surface area contributed by atoms with E-state index < -0.39 is 17.9 Å². The Labute approximate surface area is 63.6 Å². The van der Waals surface area contributed by atoms with Crippen LogP contribution < -0.4 is 0 Å². The molecule has 0 aromatic heterocycles. The number of sulfone groups is 1. The second-order valence-corrected chi connectivity index (χ2v) is 9.75. The molecule has 0 spiro atoms. The van der Waals surface area contributed by atoms with E-state index in [-0.39, 0.29) is 0 Å². The molecule has 4 heteroatoms. The maximum Gasteiger partial charge on any atom is 0.213 e. The standard InChI is InChI=1S/C6H12O2SSi/c1-9(7,8)5-6-10(2,3)4/h1-4H3. The van der Waals surface area contributed by atoms with Crippen LogP contribution in [0.4, 0.5) is 0 Å². The van der Waals surface area contributed by atoms with E-state index in [9.17, 15) is 8.42 Å². The summed E-state index contributed by atoms with van der Waals surface area (Å²) in [6, 6.07) is 0. The van der Waals surface area contributed by atoms with Crippen molar-refractivity contribution in [3.8, 4) is 10.8 Å². The smallest absolute Gasteiger partial charge is 0.213 e. The molecule has 0 aliphatic heterocycles. The van der Waals surface area contributed by atoms with Gasteiger partial charge in [0.25, 0.3) is 0 Å². The summed E-state index contributed by atoms with van der Waals surface area (Å²) >= 11 is 0. The van der Waals surface area contributed by atoms with Gasteiger partial charge in [-0.3, -0.25) is 0 Å². The van der Waals surface area contributed by atoms with Crippen molar-refractivity contribution in [2.45, 2.75) is 19.6 Å². The third kappa shape index (κ3) is 7.73. The number of rotatable bonds is 0. The fourth-order valence-electron chi connectivity index (χ4n) is 0.246. The monoisotopic (exact) mass is 176 g/mol. The minimum absolute atomic E-state index is 1.13. The molecule has 0 aromatic rings. The fraction of sp³-hybridized carbons (Fsp3) is 0.667. The van der Waals surface area contributed by atoms with Crippen LogP contribution in [-0.2, 0) is 9.84 Å². The summed E-state index contributed by atoms with van der Waals surface area (Å²) in [4.78, 5) is 0. The molecule has 0 aliphatic rings. The molecule has 0 aliphatic carbocycles. The normalized spacial score (nSPS) is 12.0. The summed E-state index contributed by atoms with van der Waals surface area (Å²) in [5.74, 6) is 0. The van der Waals surface area contributed by atoms with Gasteiger partial charge in [0.15, 0.2) is 0 Å². The van der Waals surface area contributed by atoms with E-state index in [4.69, 9.17) is 0 Å². The Bertz CT molecular complexity index is 260. The molecule has 0 saturated heterocycles. The maximum absolute atomic E-state index is 10.5. The molecule has 0 unspecified atom stereocenters. The van der Waals surface area contributed by atoms with Crippen molar-refractivity contribution in [1.29, 1.82) is 0 Å². The number of hydrogen-bond acceptors (Lipinski definition) is 2. The third-order valence-electron chi connectivity index (χ3n) is 0.611. The average Bonchev–Trinajstić information content (AvgIpc) is 1.57. The predicted molar refractivity (Wildman–Crippen MR) is 46.0 cm³/mol. The van der Waals surface area contributed by atoms with Gasteiger partial charge in [-0.25, -0.2) is 8.42 Å². The lowest BCUT2D eigenvalue weighted by molar-refractivity contribution is 0.611. The zero-order valence-electron chi connectivity index (χ0n) is 6.72. The highest BCUT2D eigenvalue weighted by Gasteiger charge is 2.08. The molecule has 0 rings (SSSR count). The van der Waals surface area contributed by atoms with Crippen LogP contribution in [0.5, 0.6) is 0 Å². The van der Waals surface area contributed by atoms with Gasteiger partial charge in [-0.05, 0) is 0 Å². The van der Waals surface area contributed by atoms with Crippen LogP contribution in [0.3, 0.4) is 0 Å². The molecule has 2 nitrogen and oxygen atoms in total. The summed E-state index contributed by atoms with van der Waals surface area (Å²) in [7, 11) is -4.59. The molecule has 0 amide bonds. The first-order valence-electron chi connectivity index (χ1n) is 2.95. The molecule has 0 aromatic carbocycles. The Hall–Kier alpha value is -0.273. The van der Waals surface area contributed by atoms with Crippen molar-refractivity contribution >= 4 is 17.9 Å². The highest BCUT2D eigenvalue weighted by atomic mass is 32.2. The van der Waals surface area contributed by atoms with E-state index >= 15 is 0 Å². The van der Waals surface area contributed by atoms with Gasteiger partial charge in [0.2, 0.25) is 9.84 Å².